The Morgan fingerprint density at radius 1 is 1.53 bits per heavy atom. The lowest BCUT2D eigenvalue weighted by molar-refractivity contribution is 0.0694. The number of aromatic carboxylic acids is 1. The van der Waals surface area contributed by atoms with E-state index in [1.165, 1.54) is 18.4 Å². The minimum absolute atomic E-state index is 0.0998. The number of aryl methyl sites for hydroxylation is 1. The van der Waals surface area contributed by atoms with Gasteiger partial charge < -0.3 is 14.8 Å². The third-order valence-corrected chi connectivity index (χ3v) is 3.29. The van der Waals surface area contributed by atoms with Crippen LogP contribution in [0.3, 0.4) is 0 Å². The van der Waals surface area contributed by atoms with Crippen LogP contribution in [0.5, 0.6) is 0 Å². The van der Waals surface area contributed by atoms with Crippen LogP contribution >= 0.6 is 15.9 Å². The Morgan fingerprint density at radius 3 is 2.95 bits per heavy atom. The number of anilines is 1. The van der Waals surface area contributed by atoms with E-state index in [4.69, 9.17) is 9.52 Å². The molecule has 0 unspecified atom stereocenters. The summed E-state index contributed by atoms with van der Waals surface area (Å²) < 4.78 is 18.9. The zero-order valence-corrected chi connectivity index (χ0v) is 11.6. The summed E-state index contributed by atoms with van der Waals surface area (Å²) in [6, 6.07) is 4.38. The molecule has 0 aliphatic heterocycles. The van der Waals surface area contributed by atoms with Crippen molar-refractivity contribution in [3.63, 3.8) is 0 Å². The predicted octanol–water partition coefficient (Wildman–Crippen LogP) is 3.80. The fraction of sp³-hybridized carbons (Fsp3) is 0.154. The second-order valence-electron chi connectivity index (χ2n) is 4.00. The van der Waals surface area contributed by atoms with Crippen molar-refractivity contribution >= 4 is 27.6 Å². The van der Waals surface area contributed by atoms with Crippen LogP contribution in [-0.2, 0) is 6.54 Å². The van der Waals surface area contributed by atoms with E-state index in [1.54, 1.807) is 6.07 Å². The first-order valence-corrected chi connectivity index (χ1v) is 6.27. The van der Waals surface area contributed by atoms with E-state index in [2.05, 4.69) is 21.2 Å². The molecule has 19 heavy (non-hydrogen) atoms. The van der Waals surface area contributed by atoms with E-state index >= 15 is 0 Å². The van der Waals surface area contributed by atoms with Gasteiger partial charge in [-0.2, -0.15) is 0 Å². The Morgan fingerprint density at radius 2 is 2.26 bits per heavy atom. The molecule has 0 fully saturated rings. The van der Waals surface area contributed by atoms with Gasteiger partial charge in [-0.25, -0.2) is 9.18 Å². The third kappa shape index (κ3) is 2.96. The molecule has 0 saturated carbocycles. The van der Waals surface area contributed by atoms with Crippen molar-refractivity contribution in [2.75, 3.05) is 5.32 Å². The molecule has 1 heterocycles. The van der Waals surface area contributed by atoms with Gasteiger partial charge in [0, 0.05) is 5.69 Å². The summed E-state index contributed by atoms with van der Waals surface area (Å²) in [5.74, 6) is -1.13. The predicted molar refractivity (Wildman–Crippen MR) is 71.8 cm³/mol. The molecule has 2 rings (SSSR count). The van der Waals surface area contributed by atoms with E-state index in [1.807, 2.05) is 6.92 Å². The molecule has 100 valence electrons. The molecule has 0 spiro atoms. The van der Waals surface area contributed by atoms with Gasteiger partial charge in [0.05, 0.1) is 17.3 Å². The number of benzene rings is 1. The van der Waals surface area contributed by atoms with Crippen LogP contribution in [0, 0.1) is 12.7 Å². The van der Waals surface area contributed by atoms with Gasteiger partial charge in [-0.15, -0.1) is 0 Å². The quantitative estimate of drug-likeness (QED) is 0.896. The molecule has 0 atom stereocenters. The molecule has 0 radical (unpaired) electrons. The Kier molecular flexibility index (Phi) is 3.90. The fourth-order valence-electron chi connectivity index (χ4n) is 1.68. The SMILES string of the molecule is Cc1cc(Br)c(F)cc1NCc1occc1C(=O)O. The van der Waals surface area contributed by atoms with Gasteiger partial charge in [-0.05, 0) is 46.6 Å². The smallest absolute Gasteiger partial charge is 0.339 e. The molecule has 1 aromatic carbocycles. The molecule has 0 saturated heterocycles. The van der Waals surface area contributed by atoms with Crippen LogP contribution < -0.4 is 5.32 Å². The van der Waals surface area contributed by atoms with Crippen LogP contribution in [-0.4, -0.2) is 11.1 Å². The molecule has 4 nitrogen and oxygen atoms in total. The highest BCUT2D eigenvalue weighted by Crippen LogP contribution is 2.24. The van der Waals surface area contributed by atoms with E-state index < -0.39 is 5.97 Å². The molecule has 0 bridgehead atoms. The number of rotatable bonds is 4. The Balaban J connectivity index is 2.17. The van der Waals surface area contributed by atoms with Crippen LogP contribution in [0.15, 0.2) is 33.4 Å². The fourth-order valence-corrected chi connectivity index (χ4v) is 2.14. The monoisotopic (exact) mass is 327 g/mol. The Labute approximate surface area is 117 Å². The topological polar surface area (TPSA) is 62.5 Å². The molecule has 1 aromatic heterocycles. The molecular weight excluding hydrogens is 317 g/mol. The lowest BCUT2D eigenvalue weighted by Gasteiger charge is -2.09. The van der Waals surface area contributed by atoms with Crippen molar-refractivity contribution in [3.05, 3.63) is 51.6 Å². The van der Waals surface area contributed by atoms with E-state index in [9.17, 15) is 9.18 Å². The average molecular weight is 328 g/mol. The minimum Gasteiger partial charge on any atom is -0.478 e. The number of hydrogen-bond acceptors (Lipinski definition) is 3. The van der Waals surface area contributed by atoms with Gasteiger partial charge in [-0.1, -0.05) is 0 Å². The van der Waals surface area contributed by atoms with E-state index in [0.717, 1.165) is 5.56 Å². The number of furan rings is 1. The zero-order valence-electron chi connectivity index (χ0n) is 10.0. The first-order valence-electron chi connectivity index (χ1n) is 5.48. The summed E-state index contributed by atoms with van der Waals surface area (Å²) in [4.78, 5) is 10.9. The summed E-state index contributed by atoms with van der Waals surface area (Å²) in [7, 11) is 0. The van der Waals surface area contributed by atoms with Gasteiger partial charge in [0.15, 0.2) is 0 Å². The van der Waals surface area contributed by atoms with Crippen LogP contribution in [0.4, 0.5) is 10.1 Å². The summed E-state index contributed by atoms with van der Waals surface area (Å²) in [5, 5.41) is 11.9. The summed E-state index contributed by atoms with van der Waals surface area (Å²) in [6.07, 6.45) is 1.31. The molecule has 6 heteroatoms. The molecule has 2 N–H and O–H groups in total. The van der Waals surface area contributed by atoms with E-state index in [0.29, 0.717) is 15.9 Å². The number of carbonyl (C=O) groups is 1. The maximum atomic E-state index is 13.4. The Bertz CT molecular complexity index is 624. The first-order chi connectivity index (χ1) is 8.99. The Hall–Kier alpha value is -1.82. The number of halogens is 2. The summed E-state index contributed by atoms with van der Waals surface area (Å²) >= 11 is 3.10. The third-order valence-electron chi connectivity index (χ3n) is 2.68. The standard InChI is InChI=1S/C13H11BrFNO3/c1-7-4-9(14)10(15)5-11(7)16-6-12-8(13(17)18)2-3-19-12/h2-5,16H,6H2,1H3,(H,17,18). The lowest BCUT2D eigenvalue weighted by atomic mass is 10.2. The molecule has 2 aromatic rings. The van der Waals surface area contributed by atoms with Gasteiger partial charge >= 0.3 is 5.97 Å². The van der Waals surface area contributed by atoms with Crippen LogP contribution in [0.2, 0.25) is 0 Å². The van der Waals surface area contributed by atoms with Crippen LogP contribution in [0.25, 0.3) is 0 Å². The first kappa shape index (κ1) is 13.6. The summed E-state index contributed by atoms with van der Waals surface area (Å²) in [6.45, 7) is 2.00. The van der Waals surface area contributed by atoms with Crippen molar-refractivity contribution in [3.8, 4) is 0 Å². The molecule has 0 aliphatic rings. The van der Waals surface area contributed by atoms with Crippen molar-refractivity contribution in [1.29, 1.82) is 0 Å². The highest BCUT2D eigenvalue weighted by atomic mass is 79.9. The van der Waals surface area contributed by atoms with Gasteiger partial charge in [0.1, 0.15) is 17.1 Å². The number of carboxylic acid groups (broad SMARTS) is 1. The molecule has 0 aliphatic carbocycles. The van der Waals surface area contributed by atoms with Gasteiger partial charge in [0.25, 0.3) is 0 Å². The second kappa shape index (κ2) is 5.44. The van der Waals surface area contributed by atoms with Crippen molar-refractivity contribution in [2.45, 2.75) is 13.5 Å². The normalized spacial score (nSPS) is 10.5. The highest BCUT2D eigenvalue weighted by Gasteiger charge is 2.13. The molecule has 0 amide bonds. The lowest BCUT2D eigenvalue weighted by Crippen LogP contribution is -2.05. The van der Waals surface area contributed by atoms with Crippen molar-refractivity contribution in [1.82, 2.24) is 0 Å². The number of hydrogen-bond donors (Lipinski definition) is 2. The number of carboxylic acids is 1. The van der Waals surface area contributed by atoms with Crippen LogP contribution in [0.1, 0.15) is 21.7 Å². The van der Waals surface area contributed by atoms with E-state index in [-0.39, 0.29) is 17.9 Å². The molecular formula is C13H11BrFNO3. The average Bonchev–Trinajstić information content (AvgIpc) is 2.80. The second-order valence-corrected chi connectivity index (χ2v) is 4.85. The maximum absolute atomic E-state index is 13.4. The summed E-state index contributed by atoms with van der Waals surface area (Å²) in [5.41, 5.74) is 1.54. The maximum Gasteiger partial charge on any atom is 0.339 e. The van der Waals surface area contributed by atoms with Gasteiger partial charge in [0.2, 0.25) is 0 Å². The minimum atomic E-state index is -1.05. The van der Waals surface area contributed by atoms with Crippen molar-refractivity contribution < 1.29 is 18.7 Å². The zero-order chi connectivity index (χ0) is 14.0. The number of nitrogens with one attached hydrogen (secondary N) is 1. The largest absolute Gasteiger partial charge is 0.478 e. The van der Waals surface area contributed by atoms with Crippen molar-refractivity contribution in [2.24, 2.45) is 0 Å². The highest BCUT2D eigenvalue weighted by molar-refractivity contribution is 9.10. The van der Waals surface area contributed by atoms with Gasteiger partial charge in [-0.3, -0.25) is 0 Å².